The first-order chi connectivity index (χ1) is 13.2. The van der Waals surface area contributed by atoms with Crippen LogP contribution < -0.4 is 16.0 Å². The van der Waals surface area contributed by atoms with Crippen molar-refractivity contribution in [1.29, 1.82) is 0 Å². The Morgan fingerprint density at radius 3 is 2.75 bits per heavy atom. The second-order valence-electron chi connectivity index (χ2n) is 6.71. The van der Waals surface area contributed by atoms with Gasteiger partial charge in [0.15, 0.2) is 5.96 Å². The number of phenols is 1. The molecule has 6 nitrogen and oxygen atoms in total. The number of carbonyl (C=O) groups excluding carboxylic acids is 1. The standard InChI is InChI=1S/C21H32N4O2.HI/c1-2-22-21(25-15-12-17-8-4-3-5-9-17)24-14-7-13-23-20(27)18-10-6-11-19(26)16-18;/h6,8,10-11,16,26H,2-5,7,9,12-15H2,1H3,(H,23,27)(H2,22,24,25);1H. The minimum atomic E-state index is -0.180. The maximum Gasteiger partial charge on any atom is 0.251 e. The summed E-state index contributed by atoms with van der Waals surface area (Å²) in [5, 5.41) is 18.9. The summed E-state index contributed by atoms with van der Waals surface area (Å²) in [6, 6.07) is 6.35. The molecule has 0 bridgehead atoms. The summed E-state index contributed by atoms with van der Waals surface area (Å²) in [5.74, 6) is 0.742. The zero-order chi connectivity index (χ0) is 19.3. The van der Waals surface area contributed by atoms with Crippen LogP contribution in [0.15, 0.2) is 40.9 Å². The van der Waals surface area contributed by atoms with Crippen LogP contribution in [0.5, 0.6) is 5.75 Å². The number of hydrogen-bond acceptors (Lipinski definition) is 3. The molecule has 0 aliphatic heterocycles. The number of carbonyl (C=O) groups is 1. The molecule has 0 fully saturated rings. The molecule has 0 spiro atoms. The predicted molar refractivity (Wildman–Crippen MR) is 126 cm³/mol. The number of halogens is 1. The van der Waals surface area contributed by atoms with Gasteiger partial charge in [0.05, 0.1) is 0 Å². The van der Waals surface area contributed by atoms with Gasteiger partial charge in [0.2, 0.25) is 0 Å². The fourth-order valence-corrected chi connectivity index (χ4v) is 3.04. The minimum Gasteiger partial charge on any atom is -0.508 e. The fourth-order valence-electron chi connectivity index (χ4n) is 3.04. The number of benzene rings is 1. The topological polar surface area (TPSA) is 85.8 Å². The average Bonchev–Trinajstić information content (AvgIpc) is 2.68. The lowest BCUT2D eigenvalue weighted by Gasteiger charge is -2.15. The van der Waals surface area contributed by atoms with Crippen molar-refractivity contribution >= 4 is 35.8 Å². The molecule has 1 aromatic rings. The van der Waals surface area contributed by atoms with E-state index >= 15 is 0 Å². The van der Waals surface area contributed by atoms with E-state index in [0.717, 1.165) is 31.9 Å². The highest BCUT2D eigenvalue weighted by molar-refractivity contribution is 14.0. The molecule has 0 radical (unpaired) electrons. The van der Waals surface area contributed by atoms with E-state index in [0.29, 0.717) is 18.7 Å². The molecule has 2 rings (SSSR count). The molecule has 28 heavy (non-hydrogen) atoms. The summed E-state index contributed by atoms with van der Waals surface area (Å²) in [7, 11) is 0. The van der Waals surface area contributed by atoms with Crippen LogP contribution in [-0.4, -0.2) is 43.2 Å². The summed E-state index contributed by atoms with van der Waals surface area (Å²) >= 11 is 0. The third kappa shape index (κ3) is 9.43. The molecule has 0 saturated heterocycles. The zero-order valence-corrected chi connectivity index (χ0v) is 19.0. The molecule has 7 heteroatoms. The van der Waals surface area contributed by atoms with E-state index in [4.69, 9.17) is 0 Å². The van der Waals surface area contributed by atoms with Crippen molar-refractivity contribution in [3.05, 3.63) is 41.5 Å². The molecule has 0 saturated carbocycles. The number of rotatable bonds is 9. The van der Waals surface area contributed by atoms with Gasteiger partial charge in [-0.3, -0.25) is 9.79 Å². The molecule has 156 valence electrons. The highest BCUT2D eigenvalue weighted by Gasteiger charge is 2.06. The van der Waals surface area contributed by atoms with Crippen molar-refractivity contribution in [3.63, 3.8) is 0 Å². The van der Waals surface area contributed by atoms with Gasteiger partial charge in [0.1, 0.15) is 5.75 Å². The molecular weight excluding hydrogens is 467 g/mol. The summed E-state index contributed by atoms with van der Waals surface area (Å²) in [5.41, 5.74) is 2.02. The molecule has 0 unspecified atom stereocenters. The van der Waals surface area contributed by atoms with Gasteiger partial charge in [0.25, 0.3) is 5.91 Å². The molecule has 0 aromatic heterocycles. The lowest BCUT2D eigenvalue weighted by atomic mass is 9.97. The molecule has 1 aliphatic rings. The summed E-state index contributed by atoms with van der Waals surface area (Å²) in [4.78, 5) is 16.6. The highest BCUT2D eigenvalue weighted by atomic mass is 127. The van der Waals surface area contributed by atoms with Gasteiger partial charge >= 0.3 is 0 Å². The molecule has 1 aromatic carbocycles. The maximum absolute atomic E-state index is 12.0. The normalized spacial score (nSPS) is 13.9. The number of allylic oxidation sites excluding steroid dienone is 1. The number of amides is 1. The maximum atomic E-state index is 12.0. The lowest BCUT2D eigenvalue weighted by Crippen LogP contribution is -2.38. The monoisotopic (exact) mass is 500 g/mol. The van der Waals surface area contributed by atoms with E-state index in [1.165, 1.54) is 31.7 Å². The van der Waals surface area contributed by atoms with Crippen LogP contribution in [0.4, 0.5) is 0 Å². The Morgan fingerprint density at radius 2 is 2.04 bits per heavy atom. The Morgan fingerprint density at radius 1 is 1.18 bits per heavy atom. The third-order valence-electron chi connectivity index (χ3n) is 4.47. The number of guanidine groups is 1. The molecule has 1 aliphatic carbocycles. The Balaban J connectivity index is 0.00000392. The van der Waals surface area contributed by atoms with Gasteiger partial charge in [-0.2, -0.15) is 0 Å². The molecule has 4 N–H and O–H groups in total. The van der Waals surface area contributed by atoms with E-state index < -0.39 is 0 Å². The fraction of sp³-hybridized carbons (Fsp3) is 0.524. The molecular formula is C21H33IN4O2. The van der Waals surface area contributed by atoms with Gasteiger partial charge in [0, 0.05) is 31.7 Å². The minimum absolute atomic E-state index is 0. The van der Waals surface area contributed by atoms with Crippen LogP contribution in [0.25, 0.3) is 0 Å². The molecule has 1 amide bonds. The number of phenolic OH excluding ortho intramolecular Hbond substituents is 1. The van der Waals surface area contributed by atoms with Crippen LogP contribution in [0.3, 0.4) is 0 Å². The second kappa shape index (κ2) is 14.3. The number of aromatic hydroxyl groups is 1. The number of aliphatic imine (C=N–C) groups is 1. The van der Waals surface area contributed by atoms with Crippen molar-refractivity contribution < 1.29 is 9.90 Å². The average molecular weight is 500 g/mol. The van der Waals surface area contributed by atoms with Gasteiger partial charge in [-0.05, 0) is 63.6 Å². The number of nitrogens with zero attached hydrogens (tertiary/aromatic N) is 1. The quantitative estimate of drug-likeness (QED) is 0.137. The number of nitrogens with one attached hydrogen (secondary N) is 3. The Labute approximate surface area is 185 Å². The van der Waals surface area contributed by atoms with Gasteiger partial charge in [-0.25, -0.2) is 0 Å². The lowest BCUT2D eigenvalue weighted by molar-refractivity contribution is 0.0953. The van der Waals surface area contributed by atoms with Crippen molar-refractivity contribution in [1.82, 2.24) is 16.0 Å². The Kier molecular flexibility index (Phi) is 12.4. The first kappa shape index (κ1) is 24.3. The van der Waals surface area contributed by atoms with Crippen molar-refractivity contribution in [3.8, 4) is 5.75 Å². The van der Waals surface area contributed by atoms with Crippen molar-refractivity contribution in [2.75, 3.05) is 26.2 Å². The third-order valence-corrected chi connectivity index (χ3v) is 4.47. The van der Waals surface area contributed by atoms with Gasteiger partial charge in [-0.15, -0.1) is 24.0 Å². The van der Waals surface area contributed by atoms with Crippen LogP contribution in [0.1, 0.15) is 55.8 Å². The van der Waals surface area contributed by atoms with Crippen LogP contribution in [0.2, 0.25) is 0 Å². The Bertz CT molecular complexity index is 662. The van der Waals surface area contributed by atoms with E-state index in [9.17, 15) is 9.90 Å². The first-order valence-electron chi connectivity index (χ1n) is 9.96. The van der Waals surface area contributed by atoms with Gasteiger partial charge < -0.3 is 21.1 Å². The summed E-state index contributed by atoms with van der Waals surface area (Å²) in [6.45, 7) is 4.95. The van der Waals surface area contributed by atoms with Crippen LogP contribution in [0, 0.1) is 0 Å². The predicted octanol–water partition coefficient (Wildman–Crippen LogP) is 3.58. The van der Waals surface area contributed by atoms with E-state index in [1.807, 2.05) is 0 Å². The van der Waals surface area contributed by atoms with Gasteiger partial charge in [-0.1, -0.05) is 17.7 Å². The van der Waals surface area contributed by atoms with Crippen LogP contribution >= 0.6 is 24.0 Å². The van der Waals surface area contributed by atoms with E-state index in [1.54, 1.807) is 23.8 Å². The van der Waals surface area contributed by atoms with Crippen molar-refractivity contribution in [2.45, 2.75) is 45.4 Å². The highest BCUT2D eigenvalue weighted by Crippen LogP contribution is 2.19. The SMILES string of the molecule is CCNC(=NCCCNC(=O)c1cccc(O)c1)NCCC1=CCCCC1.I. The second-order valence-corrected chi connectivity index (χ2v) is 6.71. The Hall–Kier alpha value is -1.77. The van der Waals surface area contributed by atoms with E-state index in [2.05, 4.69) is 33.9 Å². The largest absolute Gasteiger partial charge is 0.508 e. The smallest absolute Gasteiger partial charge is 0.251 e. The van der Waals surface area contributed by atoms with Crippen LogP contribution in [-0.2, 0) is 0 Å². The zero-order valence-electron chi connectivity index (χ0n) is 16.7. The summed E-state index contributed by atoms with van der Waals surface area (Å²) < 4.78 is 0. The van der Waals surface area contributed by atoms with Crippen molar-refractivity contribution in [2.24, 2.45) is 4.99 Å². The summed E-state index contributed by atoms with van der Waals surface area (Å²) in [6.07, 6.45) is 9.30. The molecule has 0 heterocycles. The first-order valence-corrected chi connectivity index (χ1v) is 9.96. The van der Waals surface area contributed by atoms with E-state index in [-0.39, 0.29) is 35.6 Å². The number of hydrogen-bond donors (Lipinski definition) is 4. The molecule has 0 atom stereocenters.